The smallest absolute Gasteiger partial charge is 0.251 e. The molecule has 5 N–H and O–H groups in total. The lowest BCUT2D eigenvalue weighted by atomic mass is 10.1. The Morgan fingerprint density at radius 3 is 2.43 bits per heavy atom. The van der Waals surface area contributed by atoms with Crippen LogP contribution in [-0.4, -0.2) is 80.1 Å². The molecule has 1 aliphatic heterocycles. The number of hydrogen-bond donors (Lipinski definition) is 5. The van der Waals surface area contributed by atoms with Crippen molar-refractivity contribution < 1.29 is 14.7 Å². The van der Waals surface area contributed by atoms with Gasteiger partial charge in [0.2, 0.25) is 5.91 Å². The maximum absolute atomic E-state index is 12.1. The summed E-state index contributed by atoms with van der Waals surface area (Å²) in [6.45, 7) is 5.81. The van der Waals surface area contributed by atoms with Crippen LogP contribution >= 0.6 is 24.0 Å². The number of phenols is 1. The number of carbonyl (C=O) groups is 2. The van der Waals surface area contributed by atoms with Crippen LogP contribution in [0.15, 0.2) is 29.3 Å². The van der Waals surface area contributed by atoms with Crippen LogP contribution in [-0.2, 0) is 4.79 Å². The number of halogens is 1. The van der Waals surface area contributed by atoms with Gasteiger partial charge >= 0.3 is 0 Å². The normalized spacial score (nSPS) is 15.1. The van der Waals surface area contributed by atoms with Gasteiger partial charge < -0.3 is 26.4 Å². The zero-order valence-corrected chi connectivity index (χ0v) is 19.9. The maximum Gasteiger partial charge on any atom is 0.251 e. The number of phenolic OH excluding ortho intramolecular Hbond substituents is 1. The average Bonchev–Trinajstić information content (AvgIpc) is 2.73. The Labute approximate surface area is 195 Å². The van der Waals surface area contributed by atoms with E-state index in [-0.39, 0.29) is 41.5 Å². The van der Waals surface area contributed by atoms with E-state index in [1.807, 2.05) is 6.92 Å². The number of nitrogens with zero attached hydrogens (tertiary/aromatic N) is 2. The second kappa shape index (κ2) is 14.0. The maximum atomic E-state index is 12.1. The number of guanidine groups is 1. The Balaban J connectivity index is 0.00000450. The molecule has 0 atom stereocenters. The summed E-state index contributed by atoms with van der Waals surface area (Å²) in [7, 11) is 1.66. The number of amides is 2. The van der Waals surface area contributed by atoms with Crippen LogP contribution in [0.4, 0.5) is 0 Å². The number of likely N-dealkylation sites (tertiary alicyclic amines) is 1. The molecule has 0 radical (unpaired) electrons. The molecule has 9 nitrogen and oxygen atoms in total. The molecule has 1 heterocycles. The van der Waals surface area contributed by atoms with Crippen molar-refractivity contribution in [2.45, 2.75) is 25.8 Å². The Morgan fingerprint density at radius 2 is 1.83 bits per heavy atom. The van der Waals surface area contributed by atoms with Crippen LogP contribution in [0.25, 0.3) is 0 Å². The monoisotopic (exact) mass is 532 g/mol. The molecule has 0 saturated carbocycles. The average molecular weight is 532 g/mol. The van der Waals surface area contributed by atoms with Crippen molar-refractivity contribution in [2.24, 2.45) is 4.99 Å². The molecule has 0 aliphatic carbocycles. The van der Waals surface area contributed by atoms with Gasteiger partial charge in [-0.25, -0.2) is 0 Å². The molecule has 0 bridgehead atoms. The molecule has 1 aromatic rings. The Morgan fingerprint density at radius 1 is 1.17 bits per heavy atom. The lowest BCUT2D eigenvalue weighted by Gasteiger charge is -2.32. The number of hydrogen-bond acceptors (Lipinski definition) is 5. The summed E-state index contributed by atoms with van der Waals surface area (Å²) >= 11 is 0. The first-order chi connectivity index (χ1) is 14.0. The van der Waals surface area contributed by atoms with Crippen molar-refractivity contribution in [3.63, 3.8) is 0 Å². The van der Waals surface area contributed by atoms with Crippen LogP contribution in [0.5, 0.6) is 5.75 Å². The molecule has 10 heteroatoms. The van der Waals surface area contributed by atoms with Crippen LogP contribution < -0.4 is 21.3 Å². The van der Waals surface area contributed by atoms with E-state index in [1.54, 1.807) is 19.2 Å². The van der Waals surface area contributed by atoms with Gasteiger partial charge in [0.1, 0.15) is 5.75 Å². The Bertz CT molecular complexity index is 690. The SMILES string of the molecule is CCNC(=NCCNC(=O)c1ccc(O)cc1)NC1CCN(CC(=O)NC)CC1.I. The van der Waals surface area contributed by atoms with E-state index in [9.17, 15) is 14.7 Å². The molecule has 168 valence electrons. The molecular weight excluding hydrogens is 499 g/mol. The van der Waals surface area contributed by atoms with Gasteiger partial charge in [0.25, 0.3) is 5.91 Å². The molecule has 1 fully saturated rings. The van der Waals surface area contributed by atoms with E-state index in [4.69, 9.17) is 0 Å². The minimum atomic E-state index is -0.193. The van der Waals surface area contributed by atoms with Gasteiger partial charge in [0.05, 0.1) is 13.1 Å². The first-order valence-electron chi connectivity index (χ1n) is 10.1. The van der Waals surface area contributed by atoms with Crippen LogP contribution in [0, 0.1) is 0 Å². The summed E-state index contributed by atoms with van der Waals surface area (Å²) in [5, 5.41) is 21.4. The molecule has 2 rings (SSSR count). The van der Waals surface area contributed by atoms with Crippen molar-refractivity contribution in [1.29, 1.82) is 0 Å². The van der Waals surface area contributed by atoms with E-state index >= 15 is 0 Å². The summed E-state index contributed by atoms with van der Waals surface area (Å²) in [6.07, 6.45) is 1.89. The highest BCUT2D eigenvalue weighted by molar-refractivity contribution is 14.0. The first-order valence-corrected chi connectivity index (χ1v) is 10.1. The molecule has 1 aliphatic rings. The molecule has 30 heavy (non-hydrogen) atoms. The number of nitrogens with one attached hydrogen (secondary N) is 4. The lowest BCUT2D eigenvalue weighted by molar-refractivity contribution is -0.122. The first kappa shape index (κ1) is 26.0. The number of carbonyl (C=O) groups excluding carboxylic acids is 2. The topological polar surface area (TPSA) is 118 Å². The highest BCUT2D eigenvalue weighted by atomic mass is 127. The highest BCUT2D eigenvalue weighted by Crippen LogP contribution is 2.10. The number of aromatic hydroxyl groups is 1. The minimum Gasteiger partial charge on any atom is -0.508 e. The number of benzene rings is 1. The van der Waals surface area contributed by atoms with E-state index in [0.29, 0.717) is 31.2 Å². The molecule has 1 saturated heterocycles. The van der Waals surface area contributed by atoms with Gasteiger partial charge in [-0.1, -0.05) is 0 Å². The summed E-state index contributed by atoms with van der Waals surface area (Å²) in [4.78, 5) is 30.2. The van der Waals surface area contributed by atoms with Gasteiger partial charge in [-0.2, -0.15) is 0 Å². The second-order valence-electron chi connectivity index (χ2n) is 6.93. The third-order valence-corrected chi connectivity index (χ3v) is 4.72. The highest BCUT2D eigenvalue weighted by Gasteiger charge is 2.21. The molecule has 0 aromatic heterocycles. The van der Waals surface area contributed by atoms with Gasteiger partial charge in [-0.05, 0) is 44.0 Å². The van der Waals surface area contributed by atoms with Crippen LogP contribution in [0.3, 0.4) is 0 Å². The summed E-state index contributed by atoms with van der Waals surface area (Å²) in [5.74, 6) is 0.713. The fraction of sp³-hybridized carbons (Fsp3) is 0.550. The summed E-state index contributed by atoms with van der Waals surface area (Å²) in [5.41, 5.74) is 0.500. The fourth-order valence-corrected chi connectivity index (χ4v) is 3.08. The number of rotatable bonds is 8. The van der Waals surface area contributed by atoms with E-state index < -0.39 is 0 Å². The Kier molecular flexibility index (Phi) is 12.1. The third-order valence-electron chi connectivity index (χ3n) is 4.72. The van der Waals surface area contributed by atoms with Gasteiger partial charge in [-0.3, -0.25) is 19.5 Å². The molecule has 0 spiro atoms. The van der Waals surface area contributed by atoms with Gasteiger partial charge in [0.15, 0.2) is 5.96 Å². The third kappa shape index (κ3) is 9.16. The van der Waals surface area contributed by atoms with Crippen LogP contribution in [0.2, 0.25) is 0 Å². The van der Waals surface area contributed by atoms with E-state index in [0.717, 1.165) is 38.4 Å². The molecular formula is C20H33IN6O3. The predicted molar refractivity (Wildman–Crippen MR) is 128 cm³/mol. The van der Waals surface area contributed by atoms with Crippen molar-refractivity contribution in [1.82, 2.24) is 26.2 Å². The molecule has 2 amide bonds. The number of aliphatic imine (C=N–C) groups is 1. The van der Waals surface area contributed by atoms with Crippen molar-refractivity contribution in [2.75, 3.05) is 46.3 Å². The van der Waals surface area contributed by atoms with Crippen LogP contribution in [0.1, 0.15) is 30.1 Å². The zero-order valence-electron chi connectivity index (χ0n) is 17.6. The molecule has 1 aromatic carbocycles. The number of likely N-dealkylation sites (N-methyl/N-ethyl adjacent to an activating group) is 1. The van der Waals surface area contributed by atoms with E-state index in [2.05, 4.69) is 31.2 Å². The minimum absolute atomic E-state index is 0. The quantitative estimate of drug-likeness (QED) is 0.144. The lowest BCUT2D eigenvalue weighted by Crippen LogP contribution is -2.50. The van der Waals surface area contributed by atoms with Crippen molar-refractivity contribution in [3.8, 4) is 5.75 Å². The standard InChI is InChI=1S/C20H32N6O3.HI/c1-3-22-20(25-16-8-12-26(13-9-16)14-18(28)21-2)24-11-10-23-19(29)15-4-6-17(27)7-5-15;/h4-7,16,27H,3,8-14H2,1-2H3,(H,21,28)(H,23,29)(H2,22,24,25);1H. The van der Waals surface area contributed by atoms with Crippen molar-refractivity contribution in [3.05, 3.63) is 29.8 Å². The zero-order chi connectivity index (χ0) is 21.1. The molecule has 0 unspecified atom stereocenters. The summed E-state index contributed by atoms with van der Waals surface area (Å²) < 4.78 is 0. The number of piperidine rings is 1. The Hall–Kier alpha value is -2.08. The van der Waals surface area contributed by atoms with Gasteiger partial charge in [-0.15, -0.1) is 24.0 Å². The fourth-order valence-electron chi connectivity index (χ4n) is 3.08. The predicted octanol–water partition coefficient (Wildman–Crippen LogP) is 0.506. The largest absolute Gasteiger partial charge is 0.508 e. The van der Waals surface area contributed by atoms with E-state index in [1.165, 1.54) is 12.1 Å². The van der Waals surface area contributed by atoms with Gasteiger partial charge in [0, 0.05) is 44.8 Å². The second-order valence-corrected chi connectivity index (χ2v) is 6.93. The summed E-state index contributed by atoms with van der Waals surface area (Å²) in [6, 6.07) is 6.44. The van der Waals surface area contributed by atoms with Crippen molar-refractivity contribution >= 4 is 41.8 Å².